The van der Waals surface area contributed by atoms with Crippen LogP contribution in [-0.2, 0) is 16.6 Å². The van der Waals surface area contributed by atoms with Crippen LogP contribution in [0.3, 0.4) is 0 Å². The fourth-order valence-electron chi connectivity index (χ4n) is 1.67. The summed E-state index contributed by atoms with van der Waals surface area (Å²) in [6.07, 6.45) is 7.44. The zero-order chi connectivity index (χ0) is 14.6. The first-order valence-corrected chi connectivity index (χ1v) is 9.56. The summed E-state index contributed by atoms with van der Waals surface area (Å²) in [6.45, 7) is 3.92. The van der Waals surface area contributed by atoms with Crippen LogP contribution < -0.4 is 10.0 Å². The molecule has 1 saturated carbocycles. The van der Waals surface area contributed by atoms with Crippen molar-refractivity contribution in [2.24, 2.45) is 0 Å². The Morgan fingerprint density at radius 1 is 1.55 bits per heavy atom. The third-order valence-corrected chi connectivity index (χ3v) is 5.58. The molecule has 20 heavy (non-hydrogen) atoms. The summed E-state index contributed by atoms with van der Waals surface area (Å²) in [5, 5.41) is 7.72. The maximum atomic E-state index is 12.1. The number of rotatable bonds is 9. The van der Waals surface area contributed by atoms with E-state index in [9.17, 15) is 8.42 Å². The molecule has 1 aromatic rings. The van der Waals surface area contributed by atoms with E-state index in [1.54, 1.807) is 22.6 Å². The largest absolute Gasteiger partial charge is 0.312 e. The smallest absolute Gasteiger partial charge is 0.243 e. The van der Waals surface area contributed by atoms with E-state index >= 15 is 0 Å². The minimum Gasteiger partial charge on any atom is -0.312 e. The molecule has 0 spiro atoms. The average Bonchev–Trinajstić information content (AvgIpc) is 3.11. The van der Waals surface area contributed by atoms with Crippen molar-refractivity contribution in [3.63, 3.8) is 0 Å². The van der Waals surface area contributed by atoms with Crippen LogP contribution >= 0.6 is 11.8 Å². The quantitative estimate of drug-likeness (QED) is 0.700. The summed E-state index contributed by atoms with van der Waals surface area (Å²) in [6, 6.07) is 0.656. The summed E-state index contributed by atoms with van der Waals surface area (Å²) in [5.74, 6) is 0. The van der Waals surface area contributed by atoms with Gasteiger partial charge in [0.1, 0.15) is 4.90 Å². The summed E-state index contributed by atoms with van der Waals surface area (Å²) in [5.41, 5.74) is 0. The standard InChI is InChI=1S/C12H22N4O2S2/c1-10(19-2)7-15-20(17,18)12-8-14-16(9-12)6-5-13-11-3-4-11/h8-11,13,15H,3-7H2,1-2H3. The normalized spacial score (nSPS) is 17.3. The van der Waals surface area contributed by atoms with Crippen molar-refractivity contribution in [2.45, 2.75) is 42.5 Å². The molecular formula is C12H22N4O2S2. The van der Waals surface area contributed by atoms with E-state index in [-0.39, 0.29) is 10.1 Å². The highest BCUT2D eigenvalue weighted by molar-refractivity contribution is 7.99. The molecule has 1 aliphatic carbocycles. The van der Waals surface area contributed by atoms with E-state index < -0.39 is 10.0 Å². The van der Waals surface area contributed by atoms with Crippen LogP contribution in [0.1, 0.15) is 19.8 Å². The summed E-state index contributed by atoms with van der Waals surface area (Å²) in [4.78, 5) is 0.234. The van der Waals surface area contributed by atoms with E-state index in [2.05, 4.69) is 15.1 Å². The Hall–Kier alpha value is -0.570. The van der Waals surface area contributed by atoms with Gasteiger partial charge in [-0.2, -0.15) is 16.9 Å². The third-order valence-electron chi connectivity index (χ3n) is 3.23. The molecule has 0 radical (unpaired) electrons. The molecule has 0 amide bonds. The van der Waals surface area contributed by atoms with Crippen LogP contribution in [0, 0.1) is 0 Å². The van der Waals surface area contributed by atoms with E-state index in [1.165, 1.54) is 19.0 Å². The molecule has 2 N–H and O–H groups in total. The van der Waals surface area contributed by atoms with E-state index in [1.807, 2.05) is 13.2 Å². The maximum Gasteiger partial charge on any atom is 0.243 e. The number of aromatic nitrogens is 2. The highest BCUT2D eigenvalue weighted by atomic mass is 32.2. The van der Waals surface area contributed by atoms with Crippen LogP contribution in [0.5, 0.6) is 0 Å². The van der Waals surface area contributed by atoms with Crippen molar-refractivity contribution in [1.82, 2.24) is 19.8 Å². The maximum absolute atomic E-state index is 12.1. The van der Waals surface area contributed by atoms with Crippen molar-refractivity contribution in [3.8, 4) is 0 Å². The average molecular weight is 318 g/mol. The van der Waals surface area contributed by atoms with Gasteiger partial charge in [-0.05, 0) is 19.1 Å². The molecule has 0 aromatic carbocycles. The van der Waals surface area contributed by atoms with Crippen molar-refractivity contribution < 1.29 is 8.42 Å². The number of thioether (sulfide) groups is 1. The van der Waals surface area contributed by atoms with Gasteiger partial charge in [-0.15, -0.1) is 0 Å². The van der Waals surface area contributed by atoms with Gasteiger partial charge in [0.2, 0.25) is 10.0 Å². The predicted molar refractivity (Wildman–Crippen MR) is 81.4 cm³/mol. The molecule has 1 aliphatic rings. The lowest BCUT2D eigenvalue weighted by atomic mass is 10.5. The van der Waals surface area contributed by atoms with E-state index in [4.69, 9.17) is 0 Å². The Kier molecular flexibility index (Phi) is 5.48. The Balaban J connectivity index is 1.85. The molecule has 1 heterocycles. The topological polar surface area (TPSA) is 76.0 Å². The van der Waals surface area contributed by atoms with Gasteiger partial charge in [0.15, 0.2) is 0 Å². The first-order valence-electron chi connectivity index (χ1n) is 6.79. The number of nitrogens with one attached hydrogen (secondary N) is 2. The Bertz CT molecular complexity index is 525. The van der Waals surface area contributed by atoms with Crippen molar-refractivity contribution in [2.75, 3.05) is 19.3 Å². The molecule has 0 bridgehead atoms. The second-order valence-corrected chi connectivity index (χ2v) is 8.11. The Morgan fingerprint density at radius 3 is 2.95 bits per heavy atom. The number of sulfonamides is 1. The SMILES string of the molecule is CSC(C)CNS(=O)(=O)c1cnn(CCNC2CC2)c1. The number of nitrogens with zero attached hydrogens (tertiary/aromatic N) is 2. The first kappa shape index (κ1) is 15.8. The first-order chi connectivity index (χ1) is 9.51. The molecule has 1 unspecified atom stereocenters. The molecule has 0 aliphatic heterocycles. The molecular weight excluding hydrogens is 296 g/mol. The Morgan fingerprint density at radius 2 is 2.30 bits per heavy atom. The van der Waals surface area contributed by atoms with Crippen LogP contribution in [-0.4, -0.2) is 48.8 Å². The van der Waals surface area contributed by atoms with Crippen LogP contribution in [0.15, 0.2) is 17.3 Å². The third kappa shape index (κ3) is 4.76. The zero-order valence-corrected chi connectivity index (χ0v) is 13.5. The highest BCUT2D eigenvalue weighted by Crippen LogP contribution is 2.18. The van der Waals surface area contributed by atoms with E-state index in [0.29, 0.717) is 19.1 Å². The molecule has 1 fully saturated rings. The van der Waals surface area contributed by atoms with Gasteiger partial charge in [-0.3, -0.25) is 4.68 Å². The summed E-state index contributed by atoms with van der Waals surface area (Å²) in [7, 11) is -3.44. The molecule has 6 nitrogen and oxygen atoms in total. The minimum atomic E-state index is -3.44. The monoisotopic (exact) mass is 318 g/mol. The second kappa shape index (κ2) is 6.93. The molecule has 0 saturated heterocycles. The second-order valence-electron chi connectivity index (χ2n) is 5.07. The van der Waals surface area contributed by atoms with Crippen LogP contribution in [0.2, 0.25) is 0 Å². The van der Waals surface area contributed by atoms with Gasteiger partial charge in [0.05, 0.1) is 12.7 Å². The molecule has 8 heteroatoms. The summed E-state index contributed by atoms with van der Waals surface area (Å²) < 4.78 is 28.4. The van der Waals surface area contributed by atoms with Gasteiger partial charge in [0.25, 0.3) is 0 Å². The van der Waals surface area contributed by atoms with Gasteiger partial charge in [-0.25, -0.2) is 13.1 Å². The fourth-order valence-corrected chi connectivity index (χ4v) is 3.11. The predicted octanol–water partition coefficient (Wildman–Crippen LogP) is 0.665. The lowest BCUT2D eigenvalue weighted by Gasteiger charge is -2.09. The van der Waals surface area contributed by atoms with Crippen LogP contribution in [0.25, 0.3) is 0 Å². The molecule has 2 rings (SSSR count). The van der Waals surface area contributed by atoms with Gasteiger partial charge >= 0.3 is 0 Å². The van der Waals surface area contributed by atoms with Gasteiger partial charge in [0, 0.05) is 30.6 Å². The summed E-state index contributed by atoms with van der Waals surface area (Å²) >= 11 is 1.63. The minimum absolute atomic E-state index is 0.234. The van der Waals surface area contributed by atoms with Crippen LogP contribution in [0.4, 0.5) is 0 Å². The molecule has 1 atom stereocenters. The Labute approximate surface area is 124 Å². The van der Waals surface area contributed by atoms with Gasteiger partial charge < -0.3 is 5.32 Å². The van der Waals surface area contributed by atoms with E-state index in [0.717, 1.165) is 6.54 Å². The number of hydrogen-bond donors (Lipinski definition) is 2. The fraction of sp³-hybridized carbons (Fsp3) is 0.750. The zero-order valence-electron chi connectivity index (χ0n) is 11.9. The lowest BCUT2D eigenvalue weighted by Crippen LogP contribution is -2.29. The highest BCUT2D eigenvalue weighted by Gasteiger charge is 2.20. The lowest BCUT2D eigenvalue weighted by molar-refractivity contribution is 0.551. The molecule has 114 valence electrons. The van der Waals surface area contributed by atoms with Crippen molar-refractivity contribution in [3.05, 3.63) is 12.4 Å². The van der Waals surface area contributed by atoms with Crippen molar-refractivity contribution in [1.29, 1.82) is 0 Å². The number of hydrogen-bond acceptors (Lipinski definition) is 5. The van der Waals surface area contributed by atoms with Crippen molar-refractivity contribution >= 4 is 21.8 Å². The molecule has 1 aromatic heterocycles. The van der Waals surface area contributed by atoms with Gasteiger partial charge in [-0.1, -0.05) is 6.92 Å².